The Bertz CT molecular complexity index is 1880. The minimum absolute atomic E-state index is 0.0483. The van der Waals surface area contributed by atoms with Gasteiger partial charge in [-0.25, -0.2) is 17.8 Å². The number of halogens is 1. The second-order valence-corrected chi connectivity index (χ2v) is 13.3. The zero-order valence-corrected chi connectivity index (χ0v) is 24.6. The van der Waals surface area contributed by atoms with Crippen molar-refractivity contribution in [1.82, 2.24) is 9.88 Å². The Labute approximate surface area is 253 Å². The second-order valence-electron chi connectivity index (χ2n) is 11.1. The van der Waals surface area contributed by atoms with Crippen LogP contribution in [0.25, 0.3) is 10.8 Å². The number of amides is 1. The number of pyridine rings is 1. The number of nitrogens with zero attached hydrogens (tertiary/aromatic N) is 2. The molecule has 2 fully saturated rings. The third-order valence-corrected chi connectivity index (χ3v) is 10.7. The maximum absolute atomic E-state index is 14.6. The summed E-state index contributed by atoms with van der Waals surface area (Å²) in [7, 11) is -2.39. The average Bonchev–Trinajstić information content (AvgIpc) is 3.79. The van der Waals surface area contributed by atoms with Gasteiger partial charge in [-0.15, -0.1) is 0 Å². The number of aliphatic carboxylic acids is 1. The van der Waals surface area contributed by atoms with Crippen molar-refractivity contribution >= 4 is 44.0 Å². The quantitative estimate of drug-likeness (QED) is 0.242. The predicted octanol–water partition coefficient (Wildman–Crippen LogP) is 4.73. The normalized spacial score (nSPS) is 19.1. The molecule has 4 aromatic rings. The lowest BCUT2D eigenvalue weighted by molar-refractivity contribution is -0.143. The number of fused-ring (bicyclic) bond motifs is 1. The van der Waals surface area contributed by atoms with E-state index >= 15 is 0 Å². The summed E-state index contributed by atoms with van der Waals surface area (Å²) < 4.78 is 46.5. The number of aromatic nitrogens is 1. The van der Waals surface area contributed by atoms with E-state index < -0.39 is 50.8 Å². The Morgan fingerprint density at radius 3 is 2.59 bits per heavy atom. The summed E-state index contributed by atoms with van der Waals surface area (Å²) in [6.45, 7) is 0.0781. The molecular weight excluding hydrogens is 587 g/mol. The number of benzene rings is 3. The van der Waals surface area contributed by atoms with Crippen molar-refractivity contribution in [3.05, 3.63) is 89.9 Å². The summed E-state index contributed by atoms with van der Waals surface area (Å²) in [4.78, 5) is 32.6. The number of anilines is 2. The number of sulfone groups is 1. The highest BCUT2D eigenvalue weighted by Gasteiger charge is 2.47. The van der Waals surface area contributed by atoms with Gasteiger partial charge in [-0.2, -0.15) is 0 Å². The molecule has 3 atom stereocenters. The van der Waals surface area contributed by atoms with E-state index in [4.69, 9.17) is 10.5 Å². The summed E-state index contributed by atoms with van der Waals surface area (Å²) in [5.74, 6) is -2.99. The van der Waals surface area contributed by atoms with Crippen LogP contribution in [0.2, 0.25) is 0 Å². The standard InChI is InChI=1S/C32H31FN4O6S/c1-43-26-17-19(6-11-25(26)33)28(36-20-7-10-22-18(16-20)12-14-35-30(22)34)31(38)37-15-13-24(32(39)40)29(37)23-4-2-3-5-27(23)44(41,42)21-8-9-21/h2-7,10-12,14,16-17,21,24,28-29,36H,8-9,13,15H2,1H3,(H2,34,35)(H,39,40)/t24-,28+,29-/m0/s1. The maximum Gasteiger partial charge on any atom is 0.309 e. The summed E-state index contributed by atoms with van der Waals surface area (Å²) in [6, 6.07) is 15.3. The number of ether oxygens (including phenoxy) is 1. The van der Waals surface area contributed by atoms with Gasteiger partial charge < -0.3 is 25.8 Å². The molecule has 0 radical (unpaired) electrons. The van der Waals surface area contributed by atoms with Gasteiger partial charge in [0.25, 0.3) is 0 Å². The fourth-order valence-electron chi connectivity index (χ4n) is 5.99. The third kappa shape index (κ3) is 5.30. The molecule has 6 rings (SSSR count). The molecule has 1 aliphatic carbocycles. The second kappa shape index (κ2) is 11.4. The molecule has 10 nitrogen and oxygen atoms in total. The van der Waals surface area contributed by atoms with Gasteiger partial charge in [-0.1, -0.05) is 24.3 Å². The zero-order valence-electron chi connectivity index (χ0n) is 23.8. The summed E-state index contributed by atoms with van der Waals surface area (Å²) >= 11 is 0. The van der Waals surface area contributed by atoms with Gasteiger partial charge in [0.05, 0.1) is 29.2 Å². The topological polar surface area (TPSA) is 152 Å². The molecule has 2 aliphatic rings. The minimum atomic E-state index is -3.71. The molecule has 1 saturated heterocycles. The van der Waals surface area contributed by atoms with Gasteiger partial charge in [0.2, 0.25) is 5.91 Å². The monoisotopic (exact) mass is 618 g/mol. The molecule has 3 aromatic carbocycles. The van der Waals surface area contributed by atoms with Crippen molar-refractivity contribution in [2.24, 2.45) is 5.92 Å². The van der Waals surface area contributed by atoms with Crippen LogP contribution in [0.1, 0.15) is 42.5 Å². The van der Waals surface area contributed by atoms with Crippen LogP contribution in [0, 0.1) is 11.7 Å². The molecule has 1 saturated carbocycles. The minimum Gasteiger partial charge on any atom is -0.494 e. The summed E-state index contributed by atoms with van der Waals surface area (Å²) in [5.41, 5.74) is 7.22. The average molecular weight is 619 g/mol. The van der Waals surface area contributed by atoms with E-state index in [2.05, 4.69) is 10.3 Å². The van der Waals surface area contributed by atoms with Crippen molar-refractivity contribution in [3.8, 4) is 5.75 Å². The van der Waals surface area contributed by atoms with Crippen LogP contribution in [-0.4, -0.2) is 54.2 Å². The lowest BCUT2D eigenvalue weighted by atomic mass is 9.93. The van der Waals surface area contributed by atoms with Crippen LogP contribution in [-0.2, 0) is 19.4 Å². The van der Waals surface area contributed by atoms with E-state index in [1.165, 1.54) is 36.3 Å². The zero-order chi connectivity index (χ0) is 31.2. The number of nitrogens with two attached hydrogens (primary N) is 1. The maximum atomic E-state index is 14.6. The van der Waals surface area contributed by atoms with E-state index in [0.717, 1.165) is 10.8 Å². The van der Waals surface area contributed by atoms with Crippen LogP contribution in [0.4, 0.5) is 15.9 Å². The number of hydrogen-bond donors (Lipinski definition) is 3. The van der Waals surface area contributed by atoms with Gasteiger partial charge in [0.1, 0.15) is 11.9 Å². The molecule has 4 N–H and O–H groups in total. The SMILES string of the molecule is COc1cc([C@@H](Nc2ccc3c(N)nccc3c2)C(=O)N2CC[C@H](C(=O)O)[C@@H]2c2ccccc2S(=O)(=O)C2CC2)ccc1F. The van der Waals surface area contributed by atoms with Gasteiger partial charge in [-0.3, -0.25) is 9.59 Å². The number of nitrogens with one attached hydrogen (secondary N) is 1. The number of methoxy groups -OCH3 is 1. The van der Waals surface area contributed by atoms with Crippen molar-refractivity contribution in [2.75, 3.05) is 24.7 Å². The third-order valence-electron chi connectivity index (χ3n) is 8.37. The van der Waals surface area contributed by atoms with Crippen LogP contribution < -0.4 is 15.8 Å². The van der Waals surface area contributed by atoms with Crippen LogP contribution in [0.3, 0.4) is 0 Å². The first kappa shape index (κ1) is 29.4. The lowest BCUT2D eigenvalue weighted by Crippen LogP contribution is -2.40. The number of carboxylic acids is 1. The van der Waals surface area contributed by atoms with Crippen LogP contribution in [0.15, 0.2) is 77.8 Å². The van der Waals surface area contributed by atoms with Gasteiger partial charge in [-0.05, 0) is 78.2 Å². The van der Waals surface area contributed by atoms with Crippen molar-refractivity contribution in [1.29, 1.82) is 0 Å². The van der Waals surface area contributed by atoms with E-state index in [-0.39, 0.29) is 29.2 Å². The highest BCUT2D eigenvalue weighted by molar-refractivity contribution is 7.92. The van der Waals surface area contributed by atoms with Crippen molar-refractivity contribution in [3.63, 3.8) is 0 Å². The molecule has 12 heteroatoms. The molecule has 1 aliphatic heterocycles. The lowest BCUT2D eigenvalue weighted by Gasteiger charge is -2.32. The number of carbonyl (C=O) groups is 2. The molecule has 1 aromatic heterocycles. The number of rotatable bonds is 9. The van der Waals surface area contributed by atoms with E-state index in [1.807, 2.05) is 0 Å². The van der Waals surface area contributed by atoms with E-state index in [9.17, 15) is 27.5 Å². The fraction of sp³-hybridized carbons (Fsp3) is 0.281. The fourth-order valence-corrected chi connectivity index (χ4v) is 7.89. The molecule has 2 heterocycles. The number of hydrogen-bond acceptors (Lipinski definition) is 8. The number of carbonyl (C=O) groups excluding carboxylic acids is 1. The Hall–Kier alpha value is -4.71. The highest BCUT2D eigenvalue weighted by atomic mass is 32.2. The molecule has 44 heavy (non-hydrogen) atoms. The molecule has 0 bridgehead atoms. The van der Waals surface area contributed by atoms with E-state index in [0.29, 0.717) is 29.9 Å². The smallest absolute Gasteiger partial charge is 0.309 e. The predicted molar refractivity (Wildman–Crippen MR) is 162 cm³/mol. The summed E-state index contributed by atoms with van der Waals surface area (Å²) in [5, 5.41) is 14.4. The number of nitrogen functional groups attached to an aromatic ring is 1. The van der Waals surface area contributed by atoms with Crippen molar-refractivity contribution < 1.29 is 32.2 Å². The summed E-state index contributed by atoms with van der Waals surface area (Å²) in [6.07, 6.45) is 2.78. The Morgan fingerprint density at radius 1 is 1.09 bits per heavy atom. The number of carboxylic acid groups (broad SMARTS) is 1. The molecule has 228 valence electrons. The van der Waals surface area contributed by atoms with E-state index in [1.54, 1.807) is 48.7 Å². The molecule has 0 unspecified atom stereocenters. The first-order valence-corrected chi connectivity index (χ1v) is 15.7. The first-order chi connectivity index (χ1) is 21.1. The van der Waals surface area contributed by atoms with Crippen molar-refractivity contribution in [2.45, 2.75) is 41.5 Å². The van der Waals surface area contributed by atoms with Gasteiger partial charge in [0, 0.05) is 23.8 Å². The highest BCUT2D eigenvalue weighted by Crippen LogP contribution is 2.44. The Kier molecular flexibility index (Phi) is 7.62. The number of likely N-dealkylation sites (tertiary alicyclic amines) is 1. The Balaban J connectivity index is 1.44. The Morgan fingerprint density at radius 2 is 1.86 bits per heavy atom. The first-order valence-electron chi connectivity index (χ1n) is 14.2. The largest absolute Gasteiger partial charge is 0.494 e. The molecule has 1 amide bonds. The van der Waals surface area contributed by atoms with Crippen LogP contribution >= 0.6 is 0 Å². The molecular formula is C32H31FN4O6S. The molecule has 0 spiro atoms. The van der Waals surface area contributed by atoms with Gasteiger partial charge in [0.15, 0.2) is 21.4 Å². The van der Waals surface area contributed by atoms with Gasteiger partial charge >= 0.3 is 5.97 Å². The van der Waals surface area contributed by atoms with Crippen LogP contribution in [0.5, 0.6) is 5.75 Å².